The number of nitrogens with zero attached hydrogens (tertiary/aromatic N) is 1. The summed E-state index contributed by atoms with van der Waals surface area (Å²) in [4.78, 5) is 0. The minimum absolute atomic E-state index is 0.997. The second-order valence-electron chi connectivity index (χ2n) is 6.78. The second kappa shape index (κ2) is 8.37. The molecular formula is C18H32N+. The van der Waals surface area contributed by atoms with E-state index in [9.17, 15) is 0 Å². The summed E-state index contributed by atoms with van der Waals surface area (Å²) in [5.41, 5.74) is 2.94. The molecular weight excluding hydrogens is 230 g/mol. The van der Waals surface area contributed by atoms with Gasteiger partial charge in [-0.05, 0) is 18.4 Å². The molecule has 1 rings (SSSR count). The zero-order valence-corrected chi connectivity index (χ0v) is 13.4. The molecule has 1 heteroatoms. The number of rotatable bonds is 9. The monoisotopic (exact) mass is 262 g/mol. The number of aryl methyl sites for hydroxylation is 1. The minimum Gasteiger partial charge on any atom is -0.327 e. The van der Waals surface area contributed by atoms with Crippen molar-refractivity contribution in [2.24, 2.45) is 0 Å². The molecule has 108 valence electrons. The van der Waals surface area contributed by atoms with Gasteiger partial charge in [0.15, 0.2) is 0 Å². The van der Waals surface area contributed by atoms with Gasteiger partial charge in [0.2, 0.25) is 0 Å². The van der Waals surface area contributed by atoms with Crippen LogP contribution in [0.15, 0.2) is 24.3 Å². The Morgan fingerprint density at radius 1 is 0.737 bits per heavy atom. The van der Waals surface area contributed by atoms with Crippen molar-refractivity contribution in [1.29, 1.82) is 0 Å². The normalized spacial score (nSPS) is 11.8. The third kappa shape index (κ3) is 8.05. The van der Waals surface area contributed by atoms with Crippen molar-refractivity contribution >= 4 is 0 Å². The van der Waals surface area contributed by atoms with Gasteiger partial charge in [-0.3, -0.25) is 0 Å². The molecule has 0 fully saturated rings. The van der Waals surface area contributed by atoms with Gasteiger partial charge in [-0.2, -0.15) is 0 Å². The Morgan fingerprint density at radius 2 is 1.26 bits per heavy atom. The highest BCUT2D eigenvalue weighted by Gasteiger charge is 2.07. The smallest absolute Gasteiger partial charge is 0.104 e. The third-order valence-electron chi connectivity index (χ3n) is 3.50. The van der Waals surface area contributed by atoms with Crippen LogP contribution in [0, 0.1) is 0 Å². The Bertz CT molecular complexity index is 332. The van der Waals surface area contributed by atoms with Gasteiger partial charge in [0.25, 0.3) is 0 Å². The summed E-state index contributed by atoms with van der Waals surface area (Å²) in [5.74, 6) is 0. The average Bonchev–Trinajstić information content (AvgIpc) is 2.34. The summed E-state index contributed by atoms with van der Waals surface area (Å²) in [5, 5.41) is 0. The van der Waals surface area contributed by atoms with Crippen LogP contribution in [0.3, 0.4) is 0 Å². The van der Waals surface area contributed by atoms with Crippen molar-refractivity contribution in [3.63, 3.8) is 0 Å². The fourth-order valence-corrected chi connectivity index (χ4v) is 2.47. The Kier molecular flexibility index (Phi) is 7.15. The number of hydrogen-bond acceptors (Lipinski definition) is 0. The van der Waals surface area contributed by atoms with Crippen molar-refractivity contribution in [2.75, 3.05) is 21.1 Å². The fourth-order valence-electron chi connectivity index (χ4n) is 2.47. The fraction of sp³-hybridized carbons (Fsp3) is 0.667. The Morgan fingerprint density at radius 3 is 1.84 bits per heavy atom. The van der Waals surface area contributed by atoms with Gasteiger partial charge in [-0.25, -0.2) is 0 Å². The highest BCUT2D eigenvalue weighted by molar-refractivity contribution is 5.22. The average molecular weight is 262 g/mol. The molecule has 0 spiro atoms. The number of benzene rings is 1. The maximum Gasteiger partial charge on any atom is 0.104 e. The van der Waals surface area contributed by atoms with Gasteiger partial charge < -0.3 is 4.48 Å². The lowest BCUT2D eigenvalue weighted by molar-refractivity contribution is -0.884. The third-order valence-corrected chi connectivity index (χ3v) is 3.50. The number of unbranched alkanes of at least 4 members (excludes halogenated alkanes) is 5. The van der Waals surface area contributed by atoms with Gasteiger partial charge in [-0.15, -0.1) is 0 Å². The lowest BCUT2D eigenvalue weighted by Crippen LogP contribution is -2.33. The SMILES string of the molecule is CCCCCCCCc1ccc(C[N+](C)(C)C)cc1. The second-order valence-corrected chi connectivity index (χ2v) is 6.78. The van der Waals surface area contributed by atoms with Gasteiger partial charge in [-0.1, -0.05) is 63.3 Å². The summed E-state index contributed by atoms with van der Waals surface area (Å²) < 4.78 is 0.997. The quantitative estimate of drug-likeness (QED) is 0.443. The molecule has 0 aromatic heterocycles. The van der Waals surface area contributed by atoms with E-state index in [0.29, 0.717) is 0 Å². The first-order valence-electron chi connectivity index (χ1n) is 7.89. The summed E-state index contributed by atoms with van der Waals surface area (Å²) in [6.45, 7) is 3.38. The zero-order valence-electron chi connectivity index (χ0n) is 13.4. The molecule has 0 heterocycles. The molecule has 1 nitrogen and oxygen atoms in total. The molecule has 0 aliphatic carbocycles. The van der Waals surface area contributed by atoms with Crippen LogP contribution in [-0.2, 0) is 13.0 Å². The number of quaternary nitrogens is 1. The van der Waals surface area contributed by atoms with Gasteiger partial charge >= 0.3 is 0 Å². The van der Waals surface area contributed by atoms with E-state index in [1.807, 2.05) is 0 Å². The topological polar surface area (TPSA) is 0 Å². The standard InChI is InChI=1S/C18H32N/c1-5-6-7-8-9-10-11-17-12-14-18(15-13-17)16-19(2,3)4/h12-15H,5-11,16H2,1-4H3/q+1. The first kappa shape index (κ1) is 16.2. The van der Waals surface area contributed by atoms with Crippen LogP contribution in [0.5, 0.6) is 0 Å². The molecule has 0 N–H and O–H groups in total. The number of hydrogen-bond donors (Lipinski definition) is 0. The summed E-state index contributed by atoms with van der Waals surface area (Å²) in [6, 6.07) is 9.24. The van der Waals surface area contributed by atoms with Crippen LogP contribution < -0.4 is 0 Å². The highest BCUT2D eigenvalue weighted by atomic mass is 15.3. The van der Waals surface area contributed by atoms with E-state index >= 15 is 0 Å². The van der Waals surface area contributed by atoms with Crippen molar-refractivity contribution in [3.8, 4) is 0 Å². The Labute approximate surface area is 120 Å². The lowest BCUT2D eigenvalue weighted by atomic mass is 10.0. The molecule has 1 aromatic rings. The van der Waals surface area contributed by atoms with Crippen LogP contribution in [0.2, 0.25) is 0 Å². The van der Waals surface area contributed by atoms with Gasteiger partial charge in [0, 0.05) is 5.56 Å². The zero-order chi connectivity index (χ0) is 14.1. The first-order valence-corrected chi connectivity index (χ1v) is 7.89. The molecule has 0 bridgehead atoms. The van der Waals surface area contributed by atoms with E-state index in [1.54, 1.807) is 0 Å². The maximum atomic E-state index is 2.32. The van der Waals surface area contributed by atoms with E-state index < -0.39 is 0 Å². The molecule has 19 heavy (non-hydrogen) atoms. The lowest BCUT2D eigenvalue weighted by Gasteiger charge is -2.23. The largest absolute Gasteiger partial charge is 0.327 e. The molecule has 0 saturated carbocycles. The molecule has 0 unspecified atom stereocenters. The summed E-state index contributed by atoms with van der Waals surface area (Å²) in [6.07, 6.45) is 9.55. The van der Waals surface area contributed by atoms with Crippen molar-refractivity contribution in [2.45, 2.75) is 58.4 Å². The van der Waals surface area contributed by atoms with Crippen LogP contribution in [-0.4, -0.2) is 25.6 Å². The minimum atomic E-state index is 0.997. The van der Waals surface area contributed by atoms with Crippen molar-refractivity contribution in [1.82, 2.24) is 0 Å². The summed E-state index contributed by atoms with van der Waals surface area (Å²) >= 11 is 0. The van der Waals surface area contributed by atoms with Crippen LogP contribution in [0.25, 0.3) is 0 Å². The molecule has 0 radical (unpaired) electrons. The van der Waals surface area contributed by atoms with E-state index in [0.717, 1.165) is 11.0 Å². The van der Waals surface area contributed by atoms with Crippen molar-refractivity contribution < 1.29 is 4.48 Å². The van der Waals surface area contributed by atoms with Crippen molar-refractivity contribution in [3.05, 3.63) is 35.4 Å². The van der Waals surface area contributed by atoms with Crippen LogP contribution in [0.4, 0.5) is 0 Å². The van der Waals surface area contributed by atoms with Gasteiger partial charge in [0.05, 0.1) is 21.1 Å². The summed E-state index contributed by atoms with van der Waals surface area (Å²) in [7, 11) is 6.72. The predicted octanol–water partition coefficient (Wildman–Crippen LogP) is 4.80. The Hall–Kier alpha value is -0.820. The molecule has 0 atom stereocenters. The van der Waals surface area contributed by atoms with Gasteiger partial charge in [0.1, 0.15) is 6.54 Å². The van der Waals surface area contributed by atoms with E-state index in [2.05, 4.69) is 52.3 Å². The highest BCUT2D eigenvalue weighted by Crippen LogP contribution is 2.12. The van der Waals surface area contributed by atoms with Crippen LogP contribution >= 0.6 is 0 Å². The van der Waals surface area contributed by atoms with E-state index in [4.69, 9.17) is 0 Å². The molecule has 0 saturated heterocycles. The molecule has 0 aliphatic heterocycles. The van der Waals surface area contributed by atoms with E-state index in [-0.39, 0.29) is 0 Å². The predicted molar refractivity (Wildman–Crippen MR) is 85.3 cm³/mol. The maximum absolute atomic E-state index is 2.32. The molecule has 0 aliphatic rings. The van der Waals surface area contributed by atoms with E-state index in [1.165, 1.54) is 56.1 Å². The first-order chi connectivity index (χ1) is 9.01. The molecule has 0 amide bonds. The Balaban J connectivity index is 2.25. The van der Waals surface area contributed by atoms with Crippen LogP contribution in [0.1, 0.15) is 56.6 Å². The molecule has 1 aromatic carbocycles.